The molecule has 10 heteroatoms. The van der Waals surface area contributed by atoms with E-state index in [-0.39, 0.29) is 30.4 Å². The minimum absolute atomic E-state index is 0.0298. The molecule has 2 aromatic rings. The van der Waals surface area contributed by atoms with Crippen LogP contribution in [0.5, 0.6) is 0 Å². The van der Waals surface area contributed by atoms with Gasteiger partial charge in [0.15, 0.2) is 0 Å². The summed E-state index contributed by atoms with van der Waals surface area (Å²) in [4.78, 5) is 11.5. The van der Waals surface area contributed by atoms with Gasteiger partial charge in [-0.1, -0.05) is 30.3 Å². The van der Waals surface area contributed by atoms with Gasteiger partial charge in [0.1, 0.15) is 6.10 Å². The molecule has 1 heterocycles. The molecule has 1 saturated heterocycles. The molecule has 1 unspecified atom stereocenters. The first kappa shape index (κ1) is 23.4. The highest BCUT2D eigenvalue weighted by atomic mass is 19.4. The molecule has 1 aliphatic heterocycles. The molecule has 4 rings (SSSR count). The summed E-state index contributed by atoms with van der Waals surface area (Å²) in [5.74, 6) is 0. The highest BCUT2D eigenvalue weighted by molar-refractivity contribution is 5.70. The van der Waals surface area contributed by atoms with Gasteiger partial charge in [0, 0.05) is 5.41 Å². The Labute approximate surface area is 185 Å². The molecule has 2 fully saturated rings. The van der Waals surface area contributed by atoms with Crippen LogP contribution in [0.3, 0.4) is 0 Å². The molecule has 2 aromatic carbocycles. The van der Waals surface area contributed by atoms with E-state index in [1.54, 1.807) is 0 Å². The summed E-state index contributed by atoms with van der Waals surface area (Å²) in [7, 11) is 0. The van der Waals surface area contributed by atoms with Crippen molar-refractivity contribution < 1.29 is 40.6 Å². The zero-order valence-corrected chi connectivity index (χ0v) is 17.5. The summed E-state index contributed by atoms with van der Waals surface area (Å²) in [6, 6.07) is 10.5. The molecule has 1 amide bonds. The van der Waals surface area contributed by atoms with Gasteiger partial charge in [-0.3, -0.25) is 0 Å². The van der Waals surface area contributed by atoms with Crippen molar-refractivity contribution in [3.05, 3.63) is 70.8 Å². The number of alkyl halides is 6. The molecule has 1 N–H and O–H groups in total. The third kappa shape index (κ3) is 4.80. The van der Waals surface area contributed by atoms with Crippen LogP contribution in [0.2, 0.25) is 0 Å². The molecule has 178 valence electrons. The first-order chi connectivity index (χ1) is 15.4. The third-order valence-electron chi connectivity index (χ3n) is 6.29. The summed E-state index contributed by atoms with van der Waals surface area (Å²) >= 11 is 0. The van der Waals surface area contributed by atoms with Gasteiger partial charge in [0.25, 0.3) is 0 Å². The van der Waals surface area contributed by atoms with E-state index >= 15 is 0 Å². The maximum Gasteiger partial charge on any atom is 0.416 e. The number of carbonyl (C=O) groups excluding carboxylic acids is 1. The molecule has 2 aliphatic rings. The van der Waals surface area contributed by atoms with Crippen molar-refractivity contribution in [3.63, 3.8) is 0 Å². The standard InChI is InChI=1S/C23H21F6NO3/c1-13(14-7-16(22(24,25)26)9-17(8-14)23(27,28)29)32-12-21(15-5-3-2-4-6-15)10-18-19(11-21)33-20(31)30-18/h2-9,13,18-19H,10-12H2,1H3,(H,30,31)/t13-,18?,19+,21+/m1/s1. The van der Waals surface area contributed by atoms with Gasteiger partial charge in [-0.2, -0.15) is 26.3 Å². The lowest BCUT2D eigenvalue weighted by Gasteiger charge is -2.32. The monoisotopic (exact) mass is 473 g/mol. The van der Waals surface area contributed by atoms with Gasteiger partial charge in [0.2, 0.25) is 0 Å². The molecule has 1 saturated carbocycles. The number of amides is 1. The lowest BCUT2D eigenvalue weighted by molar-refractivity contribution is -0.143. The Bertz CT molecular complexity index is 973. The van der Waals surface area contributed by atoms with Gasteiger partial charge in [0.05, 0.1) is 29.9 Å². The van der Waals surface area contributed by atoms with Crippen LogP contribution in [0.25, 0.3) is 0 Å². The second-order valence-electron chi connectivity index (χ2n) is 8.54. The van der Waals surface area contributed by atoms with Gasteiger partial charge in [-0.15, -0.1) is 0 Å². The molecule has 0 aromatic heterocycles. The SMILES string of the molecule is C[C@@H](OC[C@]1(c2ccccc2)CC2NC(=O)O[C@H]2C1)c1cc(C(F)(F)F)cc(C(F)(F)F)c1. The minimum atomic E-state index is -4.93. The zero-order valence-electron chi connectivity index (χ0n) is 17.5. The molecule has 4 nitrogen and oxygen atoms in total. The highest BCUT2D eigenvalue weighted by Gasteiger charge is 2.52. The van der Waals surface area contributed by atoms with Crippen molar-refractivity contribution in [2.75, 3.05) is 6.61 Å². The van der Waals surface area contributed by atoms with Crippen molar-refractivity contribution in [2.24, 2.45) is 0 Å². The number of halogens is 6. The van der Waals surface area contributed by atoms with Crippen molar-refractivity contribution in [1.29, 1.82) is 0 Å². The summed E-state index contributed by atoms with van der Waals surface area (Å²) in [5.41, 5.74) is -2.71. The molecule has 0 radical (unpaired) electrons. The van der Waals surface area contributed by atoms with E-state index in [9.17, 15) is 31.1 Å². The van der Waals surface area contributed by atoms with E-state index in [2.05, 4.69) is 5.32 Å². The maximum absolute atomic E-state index is 13.2. The average molecular weight is 473 g/mol. The van der Waals surface area contributed by atoms with Crippen molar-refractivity contribution in [2.45, 2.75) is 55.8 Å². The Morgan fingerprint density at radius 1 is 1.03 bits per heavy atom. The predicted molar refractivity (Wildman–Crippen MR) is 105 cm³/mol. The molecule has 0 spiro atoms. The van der Waals surface area contributed by atoms with E-state index in [1.165, 1.54) is 6.92 Å². The Kier molecular flexibility index (Phi) is 5.84. The Morgan fingerprint density at radius 3 is 2.18 bits per heavy atom. The van der Waals surface area contributed by atoms with Crippen LogP contribution in [-0.2, 0) is 27.2 Å². The van der Waals surface area contributed by atoms with Crippen LogP contribution in [0.15, 0.2) is 48.5 Å². The summed E-state index contributed by atoms with van der Waals surface area (Å²) in [5, 5.41) is 2.74. The molecule has 1 aliphatic carbocycles. The van der Waals surface area contributed by atoms with Gasteiger partial charge < -0.3 is 14.8 Å². The topological polar surface area (TPSA) is 47.6 Å². The van der Waals surface area contributed by atoms with Crippen LogP contribution in [0.4, 0.5) is 31.1 Å². The first-order valence-electron chi connectivity index (χ1n) is 10.3. The summed E-state index contributed by atoms with van der Waals surface area (Å²) in [6.45, 7) is 1.45. The van der Waals surface area contributed by atoms with Crippen molar-refractivity contribution in [3.8, 4) is 0 Å². The van der Waals surface area contributed by atoms with Gasteiger partial charge in [-0.05, 0) is 49.1 Å². The second kappa shape index (κ2) is 8.23. The maximum atomic E-state index is 13.2. The van der Waals surface area contributed by atoms with Crippen LogP contribution < -0.4 is 5.32 Å². The Hall–Kier alpha value is -2.75. The van der Waals surface area contributed by atoms with Crippen molar-refractivity contribution >= 4 is 6.09 Å². The number of alkyl carbamates (subject to hydrolysis) is 1. The van der Waals surface area contributed by atoms with E-state index in [0.29, 0.717) is 25.0 Å². The summed E-state index contributed by atoms with van der Waals surface area (Å²) < 4.78 is 90.5. The lowest BCUT2D eigenvalue weighted by atomic mass is 9.79. The average Bonchev–Trinajstić information content (AvgIpc) is 3.26. The predicted octanol–water partition coefficient (Wildman–Crippen LogP) is 6.01. The number of hydrogen-bond acceptors (Lipinski definition) is 3. The Morgan fingerprint density at radius 2 is 1.64 bits per heavy atom. The van der Waals surface area contributed by atoms with Crippen LogP contribution in [0.1, 0.15) is 48.1 Å². The smallest absolute Gasteiger partial charge is 0.416 e. The van der Waals surface area contributed by atoms with Crippen LogP contribution in [-0.4, -0.2) is 24.8 Å². The number of ether oxygens (including phenoxy) is 2. The number of hydrogen-bond donors (Lipinski definition) is 1. The Balaban J connectivity index is 1.60. The van der Waals surface area contributed by atoms with E-state index < -0.39 is 41.1 Å². The van der Waals surface area contributed by atoms with Gasteiger partial charge >= 0.3 is 18.4 Å². The fraction of sp³-hybridized carbons (Fsp3) is 0.435. The molecular weight excluding hydrogens is 452 g/mol. The molecule has 4 atom stereocenters. The number of nitrogens with one attached hydrogen (secondary N) is 1. The van der Waals surface area contributed by atoms with Gasteiger partial charge in [-0.25, -0.2) is 4.79 Å². The molecule has 0 bridgehead atoms. The number of carbonyl (C=O) groups is 1. The lowest BCUT2D eigenvalue weighted by Crippen LogP contribution is -2.34. The minimum Gasteiger partial charge on any atom is -0.444 e. The summed E-state index contributed by atoms with van der Waals surface area (Å²) in [6.07, 6.45) is -10.9. The van der Waals surface area contributed by atoms with E-state index in [1.807, 2.05) is 30.3 Å². The van der Waals surface area contributed by atoms with E-state index in [4.69, 9.17) is 9.47 Å². The van der Waals surface area contributed by atoms with E-state index in [0.717, 1.165) is 5.56 Å². The zero-order chi connectivity index (χ0) is 24.0. The first-order valence-corrected chi connectivity index (χ1v) is 10.3. The molecular formula is C23H21F6NO3. The fourth-order valence-electron chi connectivity index (χ4n) is 4.58. The molecule has 33 heavy (non-hydrogen) atoms. The van der Waals surface area contributed by atoms with Crippen LogP contribution in [0, 0.1) is 0 Å². The fourth-order valence-corrected chi connectivity index (χ4v) is 4.58. The van der Waals surface area contributed by atoms with Crippen molar-refractivity contribution in [1.82, 2.24) is 5.32 Å². The number of rotatable bonds is 5. The van der Waals surface area contributed by atoms with Crippen LogP contribution >= 0.6 is 0 Å². The highest BCUT2D eigenvalue weighted by Crippen LogP contribution is 2.45. The third-order valence-corrected chi connectivity index (χ3v) is 6.29. The second-order valence-corrected chi connectivity index (χ2v) is 8.54. The quantitative estimate of drug-likeness (QED) is 0.541. The number of fused-ring (bicyclic) bond motifs is 1. The number of benzene rings is 2. The largest absolute Gasteiger partial charge is 0.444 e. The normalized spacial score (nSPS) is 26.0.